The second-order valence-corrected chi connectivity index (χ2v) is 5.12. The number of benzene rings is 2. The molecule has 0 radical (unpaired) electrons. The van der Waals surface area contributed by atoms with E-state index in [2.05, 4.69) is 10.5 Å². The third-order valence-corrected chi connectivity index (χ3v) is 3.54. The molecular weight excluding hydrogens is 312 g/mol. The Morgan fingerprint density at radius 2 is 1.92 bits per heavy atom. The lowest BCUT2D eigenvalue weighted by atomic mass is 10.1. The molecule has 0 bridgehead atoms. The van der Waals surface area contributed by atoms with E-state index in [0.29, 0.717) is 28.4 Å². The van der Waals surface area contributed by atoms with Gasteiger partial charge in [0.25, 0.3) is 5.91 Å². The van der Waals surface area contributed by atoms with Crippen molar-refractivity contribution in [2.24, 2.45) is 0 Å². The Morgan fingerprint density at radius 3 is 2.79 bits per heavy atom. The standard InChI is InChI=1S/C17H12N2O5/c20-13-4-2-1-3-11(13)12-8-16(24-19-12)17(21)18-10-5-6-14-15(7-10)23-9-22-14/h1-8,20H,9H2,(H,18,21). The van der Waals surface area contributed by atoms with Crippen LogP contribution < -0.4 is 14.8 Å². The third kappa shape index (κ3) is 2.52. The van der Waals surface area contributed by atoms with E-state index in [9.17, 15) is 9.90 Å². The lowest BCUT2D eigenvalue weighted by molar-refractivity contribution is 0.0988. The first-order valence-electron chi connectivity index (χ1n) is 7.17. The van der Waals surface area contributed by atoms with Crippen LogP contribution >= 0.6 is 0 Å². The van der Waals surface area contributed by atoms with E-state index in [-0.39, 0.29) is 18.3 Å². The molecule has 1 aliphatic rings. The molecule has 7 heteroatoms. The minimum atomic E-state index is -0.456. The summed E-state index contributed by atoms with van der Waals surface area (Å²) < 4.78 is 15.6. The highest BCUT2D eigenvalue weighted by atomic mass is 16.7. The molecule has 0 atom stereocenters. The molecule has 0 unspecified atom stereocenters. The highest BCUT2D eigenvalue weighted by molar-refractivity contribution is 6.03. The number of anilines is 1. The topological polar surface area (TPSA) is 93.8 Å². The van der Waals surface area contributed by atoms with Gasteiger partial charge in [-0.3, -0.25) is 4.79 Å². The zero-order valence-electron chi connectivity index (χ0n) is 12.4. The van der Waals surface area contributed by atoms with Crippen LogP contribution in [0.1, 0.15) is 10.6 Å². The van der Waals surface area contributed by atoms with Crippen LogP contribution in [0, 0.1) is 0 Å². The number of carbonyl (C=O) groups is 1. The van der Waals surface area contributed by atoms with Crippen molar-refractivity contribution in [3.63, 3.8) is 0 Å². The molecular formula is C17H12N2O5. The number of para-hydroxylation sites is 1. The quantitative estimate of drug-likeness (QED) is 0.769. The van der Waals surface area contributed by atoms with Crippen molar-refractivity contribution in [1.82, 2.24) is 5.16 Å². The summed E-state index contributed by atoms with van der Waals surface area (Å²) in [5.74, 6) is 0.845. The molecule has 2 heterocycles. The molecule has 1 aliphatic heterocycles. The van der Waals surface area contributed by atoms with Gasteiger partial charge >= 0.3 is 0 Å². The predicted molar refractivity (Wildman–Crippen MR) is 84.1 cm³/mol. The van der Waals surface area contributed by atoms with Crippen LogP contribution in [0.3, 0.4) is 0 Å². The number of nitrogens with one attached hydrogen (secondary N) is 1. The first-order chi connectivity index (χ1) is 11.7. The number of amides is 1. The largest absolute Gasteiger partial charge is 0.507 e. The fraction of sp³-hybridized carbons (Fsp3) is 0.0588. The van der Waals surface area contributed by atoms with Crippen molar-refractivity contribution in [1.29, 1.82) is 0 Å². The van der Waals surface area contributed by atoms with Gasteiger partial charge in [0.1, 0.15) is 11.4 Å². The number of aromatic hydroxyl groups is 1. The average molecular weight is 324 g/mol. The van der Waals surface area contributed by atoms with E-state index in [1.807, 2.05) is 0 Å². The van der Waals surface area contributed by atoms with Crippen molar-refractivity contribution in [2.75, 3.05) is 12.1 Å². The first-order valence-corrected chi connectivity index (χ1v) is 7.17. The van der Waals surface area contributed by atoms with Crippen LogP contribution in [-0.4, -0.2) is 23.0 Å². The second kappa shape index (κ2) is 5.62. The molecule has 1 amide bonds. The normalized spacial score (nSPS) is 12.2. The van der Waals surface area contributed by atoms with Gasteiger partial charge in [-0.2, -0.15) is 0 Å². The van der Waals surface area contributed by atoms with Gasteiger partial charge in [-0.25, -0.2) is 0 Å². The molecule has 24 heavy (non-hydrogen) atoms. The van der Waals surface area contributed by atoms with Crippen LogP contribution in [0.4, 0.5) is 5.69 Å². The zero-order valence-corrected chi connectivity index (χ0v) is 12.4. The Balaban J connectivity index is 1.54. The van der Waals surface area contributed by atoms with Gasteiger partial charge in [0.05, 0.1) is 0 Å². The first kappa shape index (κ1) is 14.1. The Morgan fingerprint density at radius 1 is 1.08 bits per heavy atom. The number of nitrogens with zero attached hydrogens (tertiary/aromatic N) is 1. The second-order valence-electron chi connectivity index (χ2n) is 5.12. The molecule has 0 aliphatic carbocycles. The van der Waals surface area contributed by atoms with Crippen molar-refractivity contribution in [3.05, 3.63) is 54.3 Å². The average Bonchev–Trinajstić information content (AvgIpc) is 3.24. The number of fused-ring (bicyclic) bond motifs is 1. The number of aromatic nitrogens is 1. The van der Waals surface area contributed by atoms with Gasteiger partial charge in [-0.1, -0.05) is 17.3 Å². The van der Waals surface area contributed by atoms with E-state index in [1.165, 1.54) is 12.1 Å². The molecule has 0 saturated heterocycles. The fourth-order valence-corrected chi connectivity index (χ4v) is 2.37. The molecule has 0 saturated carbocycles. The van der Waals surface area contributed by atoms with Crippen LogP contribution in [-0.2, 0) is 0 Å². The van der Waals surface area contributed by atoms with Crippen LogP contribution in [0.15, 0.2) is 53.1 Å². The summed E-state index contributed by atoms with van der Waals surface area (Å²) >= 11 is 0. The lowest BCUT2D eigenvalue weighted by Crippen LogP contribution is -2.10. The maximum atomic E-state index is 12.3. The highest BCUT2D eigenvalue weighted by Crippen LogP contribution is 2.34. The van der Waals surface area contributed by atoms with Crippen molar-refractivity contribution >= 4 is 11.6 Å². The van der Waals surface area contributed by atoms with E-state index in [0.717, 1.165) is 0 Å². The number of hydrogen-bond acceptors (Lipinski definition) is 6. The van der Waals surface area contributed by atoms with Gasteiger partial charge in [0.2, 0.25) is 12.6 Å². The van der Waals surface area contributed by atoms with Crippen molar-refractivity contribution in [3.8, 4) is 28.5 Å². The molecule has 7 nitrogen and oxygen atoms in total. The highest BCUT2D eigenvalue weighted by Gasteiger charge is 2.18. The molecule has 2 N–H and O–H groups in total. The number of rotatable bonds is 3. The summed E-state index contributed by atoms with van der Waals surface area (Å²) in [6, 6.07) is 13.2. The summed E-state index contributed by atoms with van der Waals surface area (Å²) in [6.07, 6.45) is 0. The number of carbonyl (C=O) groups excluding carboxylic acids is 1. The number of hydrogen-bond donors (Lipinski definition) is 2. The molecule has 4 rings (SSSR count). The van der Waals surface area contributed by atoms with E-state index in [1.54, 1.807) is 36.4 Å². The number of ether oxygens (including phenoxy) is 2. The minimum Gasteiger partial charge on any atom is -0.507 e. The van der Waals surface area contributed by atoms with Gasteiger partial charge in [-0.15, -0.1) is 0 Å². The zero-order chi connectivity index (χ0) is 16.5. The SMILES string of the molecule is O=C(Nc1ccc2c(c1)OCO2)c1cc(-c2ccccc2O)no1. The Hall–Kier alpha value is -3.48. The van der Waals surface area contributed by atoms with Crippen molar-refractivity contribution in [2.45, 2.75) is 0 Å². The molecule has 0 spiro atoms. The van der Waals surface area contributed by atoms with E-state index >= 15 is 0 Å². The third-order valence-electron chi connectivity index (χ3n) is 3.54. The van der Waals surface area contributed by atoms with E-state index in [4.69, 9.17) is 14.0 Å². The summed E-state index contributed by atoms with van der Waals surface area (Å²) in [7, 11) is 0. The maximum Gasteiger partial charge on any atom is 0.294 e. The van der Waals surface area contributed by atoms with Gasteiger partial charge in [0, 0.05) is 23.4 Å². The van der Waals surface area contributed by atoms with Crippen LogP contribution in [0.5, 0.6) is 17.2 Å². The monoisotopic (exact) mass is 324 g/mol. The lowest BCUT2D eigenvalue weighted by Gasteiger charge is -2.03. The maximum absolute atomic E-state index is 12.3. The van der Waals surface area contributed by atoms with Crippen LogP contribution in [0.25, 0.3) is 11.3 Å². The summed E-state index contributed by atoms with van der Waals surface area (Å²) in [6.45, 7) is 0.165. The van der Waals surface area contributed by atoms with Gasteiger partial charge in [0.15, 0.2) is 11.5 Å². The molecule has 0 fully saturated rings. The summed E-state index contributed by atoms with van der Waals surface area (Å²) in [5, 5.41) is 16.4. The molecule has 2 aromatic carbocycles. The number of phenols is 1. The fourth-order valence-electron chi connectivity index (χ4n) is 2.37. The summed E-state index contributed by atoms with van der Waals surface area (Å²) in [5.41, 5.74) is 1.41. The van der Waals surface area contributed by atoms with E-state index < -0.39 is 5.91 Å². The molecule has 3 aromatic rings. The molecule has 1 aromatic heterocycles. The Kier molecular flexibility index (Phi) is 3.31. The predicted octanol–water partition coefficient (Wildman–Crippen LogP) is 3.03. The summed E-state index contributed by atoms with van der Waals surface area (Å²) in [4.78, 5) is 12.3. The Labute approximate surface area is 136 Å². The van der Waals surface area contributed by atoms with Gasteiger partial charge < -0.3 is 24.4 Å². The number of phenolic OH excluding ortho intramolecular Hbond substituents is 1. The van der Waals surface area contributed by atoms with Crippen LogP contribution in [0.2, 0.25) is 0 Å². The van der Waals surface area contributed by atoms with Gasteiger partial charge in [-0.05, 0) is 24.3 Å². The smallest absolute Gasteiger partial charge is 0.294 e. The molecule has 120 valence electrons. The Bertz CT molecular complexity index is 919. The van der Waals surface area contributed by atoms with Crippen molar-refractivity contribution < 1.29 is 23.9 Å². The minimum absolute atomic E-state index is 0.0333.